The maximum atomic E-state index is 10.7. The molecule has 2 aliphatic heterocycles. The van der Waals surface area contributed by atoms with E-state index in [0.717, 1.165) is 38.8 Å². The third-order valence-corrected chi connectivity index (χ3v) is 3.56. The normalized spacial score (nSPS) is 20.5. The van der Waals surface area contributed by atoms with E-state index in [-0.39, 0.29) is 11.3 Å². The van der Waals surface area contributed by atoms with Crippen LogP contribution in [-0.4, -0.2) is 52.7 Å². The summed E-state index contributed by atoms with van der Waals surface area (Å²) in [7, 11) is -4.74. The van der Waals surface area contributed by atoms with Gasteiger partial charge in [-0.2, -0.15) is 8.42 Å². The van der Waals surface area contributed by atoms with Crippen LogP contribution in [0.3, 0.4) is 0 Å². The molecular weight excluding hydrogens is 316 g/mol. The predicted molar refractivity (Wildman–Crippen MR) is 78.5 cm³/mol. The van der Waals surface area contributed by atoms with E-state index in [2.05, 4.69) is 9.39 Å². The molecule has 0 aromatic carbocycles. The lowest BCUT2D eigenvalue weighted by molar-refractivity contribution is -0.199. The zero-order valence-electron chi connectivity index (χ0n) is 12.1. The zero-order chi connectivity index (χ0) is 15.5. The molecule has 11 nitrogen and oxygen atoms in total. The molecule has 1 fully saturated rings. The molecule has 0 radical (unpaired) electrons. The third kappa shape index (κ3) is 4.99. The Morgan fingerprint density at radius 2 is 1.73 bits per heavy atom. The molecule has 0 spiro atoms. The van der Waals surface area contributed by atoms with Crippen molar-refractivity contribution in [3.8, 4) is 0 Å². The number of nitrogens with two attached hydrogens (primary N) is 2. The van der Waals surface area contributed by atoms with Gasteiger partial charge in [-0.3, -0.25) is 4.55 Å². The fraction of sp³-hybridized carbons (Fsp3) is 0.700. The van der Waals surface area contributed by atoms with E-state index < -0.39 is 10.4 Å². The van der Waals surface area contributed by atoms with Gasteiger partial charge in [0.25, 0.3) is 0 Å². The van der Waals surface area contributed by atoms with E-state index >= 15 is 0 Å². The zero-order valence-corrected chi connectivity index (χ0v) is 12.9. The van der Waals surface area contributed by atoms with Crippen LogP contribution in [0.1, 0.15) is 32.1 Å². The first-order valence-electron chi connectivity index (χ1n) is 6.69. The molecule has 0 aromatic rings. The van der Waals surface area contributed by atoms with Crippen molar-refractivity contribution in [2.45, 2.75) is 32.1 Å². The van der Waals surface area contributed by atoms with E-state index in [1.54, 1.807) is 0 Å². The van der Waals surface area contributed by atoms with E-state index in [1.807, 2.05) is 4.90 Å². The molecule has 0 aromatic heterocycles. The van der Waals surface area contributed by atoms with E-state index in [1.165, 1.54) is 12.5 Å². The van der Waals surface area contributed by atoms with Gasteiger partial charge in [0.2, 0.25) is 0 Å². The molecule has 22 heavy (non-hydrogen) atoms. The van der Waals surface area contributed by atoms with Gasteiger partial charge in [0.15, 0.2) is 11.7 Å². The highest BCUT2D eigenvalue weighted by Crippen LogP contribution is 2.16. The Morgan fingerprint density at radius 3 is 2.23 bits per heavy atom. The summed E-state index contributed by atoms with van der Waals surface area (Å²) < 4.78 is 34.4. The highest BCUT2D eigenvalue weighted by Gasteiger charge is 2.26. The smallest absolute Gasteiger partial charge is 0.412 e. The van der Waals surface area contributed by atoms with Crippen molar-refractivity contribution >= 4 is 16.2 Å². The maximum Gasteiger partial charge on any atom is 0.420 e. The molecule has 128 valence electrons. The van der Waals surface area contributed by atoms with Crippen LogP contribution in [0.15, 0.2) is 17.0 Å². The monoisotopic (exact) mass is 338 g/mol. The van der Waals surface area contributed by atoms with Gasteiger partial charge in [-0.15, -0.1) is 14.6 Å². The minimum absolute atomic E-state index is 0. The Hall–Kier alpha value is -1.60. The van der Waals surface area contributed by atoms with Crippen LogP contribution in [0.2, 0.25) is 0 Å². The van der Waals surface area contributed by atoms with Gasteiger partial charge in [0, 0.05) is 19.2 Å². The van der Waals surface area contributed by atoms with Crippen LogP contribution in [0.5, 0.6) is 0 Å². The largest absolute Gasteiger partial charge is 0.420 e. The van der Waals surface area contributed by atoms with Crippen molar-refractivity contribution < 1.29 is 22.7 Å². The number of hydrogen-bond donors (Lipinski definition) is 3. The molecule has 2 aliphatic rings. The first kappa shape index (κ1) is 18.4. The highest BCUT2D eigenvalue weighted by molar-refractivity contribution is 7.80. The quantitative estimate of drug-likeness (QED) is 0.408. The SMILES string of the molecule is NC1=CC(N2CCCCCCC2)=NN(N)N1OS(=O)(=O)O.O. The molecular formula is C10H22N6O5S. The summed E-state index contributed by atoms with van der Waals surface area (Å²) in [6.07, 6.45) is 7.10. The predicted octanol–water partition coefficient (Wildman–Crippen LogP) is -1.32. The van der Waals surface area contributed by atoms with Crippen molar-refractivity contribution in [3.63, 3.8) is 0 Å². The van der Waals surface area contributed by atoms with E-state index in [0.29, 0.717) is 16.2 Å². The minimum Gasteiger partial charge on any atom is -0.412 e. The molecule has 0 bridgehead atoms. The van der Waals surface area contributed by atoms with Crippen LogP contribution in [0, 0.1) is 0 Å². The standard InChI is InChI=1S/C10H20N6O4S.H2O/c11-9-8-10(14-6-4-2-1-3-5-7-14)13-16(12)15(9)20-21(17,18)19;/h8H,1-7,11-12H2,(H,17,18,19);1H2. The van der Waals surface area contributed by atoms with Crippen LogP contribution < -0.4 is 11.6 Å². The summed E-state index contributed by atoms with van der Waals surface area (Å²) in [5.74, 6) is 6.01. The summed E-state index contributed by atoms with van der Waals surface area (Å²) in [6, 6.07) is 0. The Kier molecular flexibility index (Phi) is 6.37. The molecule has 2 rings (SSSR count). The molecule has 0 unspecified atom stereocenters. The summed E-state index contributed by atoms with van der Waals surface area (Å²) in [6.45, 7) is 1.66. The summed E-state index contributed by atoms with van der Waals surface area (Å²) >= 11 is 0. The summed E-state index contributed by atoms with van der Waals surface area (Å²) in [5, 5.41) is 5.14. The molecule has 0 aliphatic carbocycles. The molecule has 0 amide bonds. The van der Waals surface area contributed by atoms with Gasteiger partial charge in [-0.25, -0.2) is 5.84 Å². The third-order valence-electron chi connectivity index (χ3n) is 3.23. The summed E-state index contributed by atoms with van der Waals surface area (Å²) in [5.41, 5.74) is 5.70. The first-order chi connectivity index (χ1) is 9.87. The average Bonchev–Trinajstić information content (AvgIpc) is 2.32. The number of hydrazine groups is 2. The van der Waals surface area contributed by atoms with Gasteiger partial charge in [-0.1, -0.05) is 24.4 Å². The fourth-order valence-electron chi connectivity index (χ4n) is 2.28. The van der Waals surface area contributed by atoms with Crippen molar-refractivity contribution in [2.24, 2.45) is 16.7 Å². The number of hydroxylamine groups is 1. The van der Waals surface area contributed by atoms with Crippen molar-refractivity contribution in [3.05, 3.63) is 11.9 Å². The number of hydrazone groups is 1. The molecule has 0 saturated carbocycles. The number of rotatable bonds is 2. The topological polar surface area (TPSA) is 169 Å². The van der Waals surface area contributed by atoms with Crippen molar-refractivity contribution in [1.29, 1.82) is 0 Å². The lowest BCUT2D eigenvalue weighted by Crippen LogP contribution is -2.51. The Labute approximate surface area is 128 Å². The molecule has 1 saturated heterocycles. The van der Waals surface area contributed by atoms with Gasteiger partial charge < -0.3 is 16.1 Å². The van der Waals surface area contributed by atoms with Crippen LogP contribution in [0.4, 0.5) is 0 Å². The second-order valence-corrected chi connectivity index (χ2v) is 5.88. The van der Waals surface area contributed by atoms with Gasteiger partial charge in [0.05, 0.1) is 0 Å². The lowest BCUT2D eigenvalue weighted by atomic mass is 10.1. The van der Waals surface area contributed by atoms with E-state index in [4.69, 9.17) is 16.1 Å². The van der Waals surface area contributed by atoms with Gasteiger partial charge >= 0.3 is 10.4 Å². The summed E-state index contributed by atoms with van der Waals surface area (Å²) in [4.78, 5) is 2.04. The fourth-order valence-corrected chi connectivity index (χ4v) is 2.61. The minimum atomic E-state index is -4.74. The first-order valence-corrected chi connectivity index (χ1v) is 8.06. The highest BCUT2D eigenvalue weighted by atomic mass is 32.3. The van der Waals surface area contributed by atoms with Crippen LogP contribution >= 0.6 is 0 Å². The maximum absolute atomic E-state index is 10.7. The number of amidine groups is 1. The number of likely N-dealkylation sites (tertiary alicyclic amines) is 1. The van der Waals surface area contributed by atoms with Gasteiger partial charge in [-0.05, 0) is 12.8 Å². The second-order valence-electron chi connectivity index (χ2n) is 4.88. The van der Waals surface area contributed by atoms with Crippen molar-refractivity contribution in [2.75, 3.05) is 13.1 Å². The average molecular weight is 338 g/mol. The van der Waals surface area contributed by atoms with Crippen LogP contribution in [-0.2, 0) is 14.7 Å². The van der Waals surface area contributed by atoms with Gasteiger partial charge in [0.1, 0.15) is 0 Å². The van der Waals surface area contributed by atoms with Crippen molar-refractivity contribution in [1.82, 2.24) is 15.3 Å². The second kappa shape index (κ2) is 7.60. The lowest BCUT2D eigenvalue weighted by Gasteiger charge is -2.34. The molecule has 7 N–H and O–H groups in total. The number of hydrogen-bond acceptors (Lipinski definition) is 9. The number of nitrogens with zero attached hydrogens (tertiary/aromatic N) is 4. The Balaban J connectivity index is 0.00000242. The molecule has 0 atom stereocenters. The van der Waals surface area contributed by atoms with E-state index in [9.17, 15) is 8.42 Å². The Morgan fingerprint density at radius 1 is 1.18 bits per heavy atom. The molecule has 2 heterocycles. The Bertz CT molecular complexity index is 528. The molecule has 12 heteroatoms. The van der Waals surface area contributed by atoms with Crippen LogP contribution in [0.25, 0.3) is 0 Å².